The van der Waals surface area contributed by atoms with Gasteiger partial charge in [0.2, 0.25) is 0 Å². The minimum absolute atomic E-state index is 0.0437. The SMILES string of the molecule is O=C(c1cccc(C2CCC2)c1)C1CNc2ccccc21. The Labute approximate surface area is 125 Å². The van der Waals surface area contributed by atoms with E-state index in [2.05, 4.69) is 23.5 Å². The summed E-state index contributed by atoms with van der Waals surface area (Å²) in [7, 11) is 0. The predicted molar refractivity (Wildman–Crippen MR) is 85.0 cm³/mol. The lowest BCUT2D eigenvalue weighted by atomic mass is 9.79. The van der Waals surface area contributed by atoms with Crippen LogP contribution >= 0.6 is 0 Å². The number of carbonyl (C=O) groups is 1. The quantitative estimate of drug-likeness (QED) is 0.845. The standard InChI is InChI=1S/C19H19NO/c21-19(17-12-20-18-10-2-1-9-16(17)18)15-8-4-7-14(11-15)13-5-3-6-13/h1-2,4,7-11,13,17,20H,3,5-6,12H2. The summed E-state index contributed by atoms with van der Waals surface area (Å²) in [6.45, 7) is 0.714. The minimum Gasteiger partial charge on any atom is -0.384 e. The molecule has 0 saturated heterocycles. The van der Waals surface area contributed by atoms with Crippen LogP contribution in [0.1, 0.15) is 52.6 Å². The molecule has 106 valence electrons. The van der Waals surface area contributed by atoms with Gasteiger partial charge in [0.05, 0.1) is 5.92 Å². The Kier molecular flexibility index (Phi) is 3.03. The molecule has 1 aliphatic carbocycles. The molecule has 1 atom stereocenters. The molecule has 0 bridgehead atoms. The van der Waals surface area contributed by atoms with E-state index in [9.17, 15) is 4.79 Å². The number of benzene rings is 2. The van der Waals surface area contributed by atoms with Crippen molar-refractivity contribution in [3.05, 3.63) is 65.2 Å². The van der Waals surface area contributed by atoms with E-state index in [-0.39, 0.29) is 11.7 Å². The molecule has 0 aromatic heterocycles. The molecule has 2 nitrogen and oxygen atoms in total. The number of anilines is 1. The number of para-hydroxylation sites is 1. The van der Waals surface area contributed by atoms with Crippen LogP contribution in [-0.4, -0.2) is 12.3 Å². The van der Waals surface area contributed by atoms with Gasteiger partial charge in [-0.05, 0) is 42.0 Å². The van der Waals surface area contributed by atoms with E-state index in [1.807, 2.05) is 30.3 Å². The third kappa shape index (κ3) is 2.15. The lowest BCUT2D eigenvalue weighted by Gasteiger charge is -2.26. The van der Waals surface area contributed by atoms with Crippen molar-refractivity contribution in [3.63, 3.8) is 0 Å². The van der Waals surface area contributed by atoms with Gasteiger partial charge in [0, 0.05) is 17.8 Å². The maximum absolute atomic E-state index is 12.9. The zero-order chi connectivity index (χ0) is 14.2. The summed E-state index contributed by atoms with van der Waals surface area (Å²) >= 11 is 0. The van der Waals surface area contributed by atoms with Gasteiger partial charge >= 0.3 is 0 Å². The largest absolute Gasteiger partial charge is 0.384 e. The van der Waals surface area contributed by atoms with Crippen molar-refractivity contribution >= 4 is 11.5 Å². The van der Waals surface area contributed by atoms with Crippen LogP contribution in [-0.2, 0) is 0 Å². The van der Waals surface area contributed by atoms with Crippen molar-refractivity contribution in [3.8, 4) is 0 Å². The fourth-order valence-electron chi connectivity index (χ4n) is 3.41. The number of carbonyl (C=O) groups excluding carboxylic acids is 1. The molecule has 0 spiro atoms. The molecule has 2 aromatic carbocycles. The van der Waals surface area contributed by atoms with Gasteiger partial charge in [0.25, 0.3) is 0 Å². The van der Waals surface area contributed by atoms with Crippen molar-refractivity contribution in [1.82, 2.24) is 0 Å². The highest BCUT2D eigenvalue weighted by molar-refractivity contribution is 6.03. The van der Waals surface area contributed by atoms with Crippen LogP contribution in [0.3, 0.4) is 0 Å². The predicted octanol–water partition coefficient (Wildman–Crippen LogP) is 4.35. The Morgan fingerprint density at radius 3 is 2.71 bits per heavy atom. The van der Waals surface area contributed by atoms with Gasteiger partial charge in [0.15, 0.2) is 5.78 Å². The third-order valence-electron chi connectivity index (χ3n) is 4.90. The van der Waals surface area contributed by atoms with Crippen LogP contribution in [0.15, 0.2) is 48.5 Å². The smallest absolute Gasteiger partial charge is 0.172 e. The Morgan fingerprint density at radius 1 is 1.05 bits per heavy atom. The molecule has 2 aliphatic rings. The highest BCUT2D eigenvalue weighted by atomic mass is 16.1. The van der Waals surface area contributed by atoms with E-state index in [4.69, 9.17) is 0 Å². The number of ketones is 1. The summed E-state index contributed by atoms with van der Waals surface area (Å²) in [5, 5.41) is 3.34. The van der Waals surface area contributed by atoms with E-state index < -0.39 is 0 Å². The average molecular weight is 277 g/mol. The Balaban J connectivity index is 1.63. The molecule has 2 aromatic rings. The van der Waals surface area contributed by atoms with Gasteiger partial charge in [-0.15, -0.1) is 0 Å². The molecule has 1 aliphatic heterocycles. The van der Waals surface area contributed by atoms with Crippen molar-refractivity contribution in [2.45, 2.75) is 31.1 Å². The van der Waals surface area contributed by atoms with Gasteiger partial charge in [-0.3, -0.25) is 4.79 Å². The fourth-order valence-corrected chi connectivity index (χ4v) is 3.41. The average Bonchev–Trinajstić information content (AvgIpc) is 2.89. The summed E-state index contributed by atoms with van der Waals surface area (Å²) < 4.78 is 0. The van der Waals surface area contributed by atoms with Crippen molar-refractivity contribution in [2.75, 3.05) is 11.9 Å². The molecule has 0 amide bonds. The van der Waals surface area contributed by atoms with E-state index in [1.54, 1.807) is 0 Å². The maximum atomic E-state index is 12.9. The first-order valence-corrected chi connectivity index (χ1v) is 7.80. The topological polar surface area (TPSA) is 29.1 Å². The van der Waals surface area contributed by atoms with Crippen LogP contribution in [0, 0.1) is 0 Å². The molecule has 4 rings (SSSR count). The number of rotatable bonds is 3. The fraction of sp³-hybridized carbons (Fsp3) is 0.316. The second-order valence-corrected chi connectivity index (χ2v) is 6.14. The Bertz CT molecular complexity index is 687. The third-order valence-corrected chi connectivity index (χ3v) is 4.90. The number of fused-ring (bicyclic) bond motifs is 1. The van der Waals surface area contributed by atoms with Gasteiger partial charge < -0.3 is 5.32 Å². The zero-order valence-corrected chi connectivity index (χ0v) is 12.0. The first-order valence-electron chi connectivity index (χ1n) is 7.80. The second kappa shape index (κ2) is 5.03. The molecule has 1 N–H and O–H groups in total. The molecular weight excluding hydrogens is 258 g/mol. The lowest BCUT2D eigenvalue weighted by molar-refractivity contribution is 0.0966. The zero-order valence-electron chi connectivity index (χ0n) is 12.0. The monoisotopic (exact) mass is 277 g/mol. The summed E-state index contributed by atoms with van der Waals surface area (Å²) in [6, 6.07) is 16.4. The van der Waals surface area contributed by atoms with Gasteiger partial charge in [-0.1, -0.05) is 42.8 Å². The Hall–Kier alpha value is -2.09. The molecular formula is C19H19NO. The van der Waals surface area contributed by atoms with Crippen LogP contribution in [0.4, 0.5) is 5.69 Å². The Morgan fingerprint density at radius 2 is 1.90 bits per heavy atom. The minimum atomic E-state index is -0.0437. The lowest BCUT2D eigenvalue weighted by Crippen LogP contribution is -2.16. The summed E-state index contributed by atoms with van der Waals surface area (Å²) in [5.74, 6) is 0.873. The highest BCUT2D eigenvalue weighted by Gasteiger charge is 2.29. The second-order valence-electron chi connectivity index (χ2n) is 6.14. The first-order chi connectivity index (χ1) is 10.3. The number of nitrogens with one attached hydrogen (secondary N) is 1. The normalized spacial score (nSPS) is 20.5. The molecule has 1 saturated carbocycles. The molecule has 1 heterocycles. The van der Waals surface area contributed by atoms with Crippen molar-refractivity contribution < 1.29 is 4.79 Å². The van der Waals surface area contributed by atoms with Crippen LogP contribution < -0.4 is 5.32 Å². The molecule has 2 heteroatoms. The molecule has 21 heavy (non-hydrogen) atoms. The van der Waals surface area contributed by atoms with Crippen LogP contribution in [0.25, 0.3) is 0 Å². The van der Waals surface area contributed by atoms with E-state index in [0.29, 0.717) is 12.5 Å². The van der Waals surface area contributed by atoms with Crippen molar-refractivity contribution in [2.24, 2.45) is 0 Å². The number of Topliss-reactive ketones (excluding diaryl/α,β-unsaturated/α-hetero) is 1. The van der Waals surface area contributed by atoms with E-state index in [1.165, 1.54) is 24.8 Å². The van der Waals surface area contributed by atoms with Crippen LogP contribution in [0.5, 0.6) is 0 Å². The van der Waals surface area contributed by atoms with E-state index >= 15 is 0 Å². The van der Waals surface area contributed by atoms with Crippen molar-refractivity contribution in [1.29, 1.82) is 0 Å². The van der Waals surface area contributed by atoms with E-state index in [0.717, 1.165) is 16.8 Å². The molecule has 1 unspecified atom stereocenters. The summed E-state index contributed by atoms with van der Waals surface area (Å²) in [5.41, 5.74) is 4.44. The maximum Gasteiger partial charge on any atom is 0.172 e. The molecule has 0 radical (unpaired) electrons. The molecule has 1 fully saturated rings. The van der Waals surface area contributed by atoms with Gasteiger partial charge in [0.1, 0.15) is 0 Å². The van der Waals surface area contributed by atoms with Gasteiger partial charge in [-0.2, -0.15) is 0 Å². The van der Waals surface area contributed by atoms with Crippen LogP contribution in [0.2, 0.25) is 0 Å². The summed E-state index contributed by atoms with van der Waals surface area (Å²) in [4.78, 5) is 12.9. The number of hydrogen-bond donors (Lipinski definition) is 1. The number of hydrogen-bond acceptors (Lipinski definition) is 2. The summed E-state index contributed by atoms with van der Waals surface area (Å²) in [6.07, 6.45) is 3.86. The highest BCUT2D eigenvalue weighted by Crippen LogP contribution is 2.38. The van der Waals surface area contributed by atoms with Gasteiger partial charge in [-0.25, -0.2) is 0 Å². The first kappa shape index (κ1) is 12.6.